The molecule has 0 atom stereocenters. The second-order valence-corrected chi connectivity index (χ2v) is 6.39. The van der Waals surface area contributed by atoms with Gasteiger partial charge in [0.25, 0.3) is 0 Å². The number of hydrogen-bond acceptors (Lipinski definition) is 3. The van der Waals surface area contributed by atoms with E-state index in [1.807, 2.05) is 0 Å². The van der Waals surface area contributed by atoms with E-state index in [0.717, 1.165) is 42.9 Å². The molecule has 0 spiro atoms. The smallest absolute Gasteiger partial charge is 0.0642 e. The molecule has 0 unspecified atom stereocenters. The van der Waals surface area contributed by atoms with Crippen LogP contribution in [0.15, 0.2) is 18.2 Å². The van der Waals surface area contributed by atoms with Crippen LogP contribution in [-0.4, -0.2) is 33.9 Å². The number of methoxy groups -OCH3 is 1. The SMILES string of the molecule is COCCNCc1ccc(N(C)CC2CCCC2)c(Cl)c1. The van der Waals surface area contributed by atoms with Gasteiger partial charge in [-0.05, 0) is 36.5 Å². The molecule has 1 fully saturated rings. The van der Waals surface area contributed by atoms with Crippen LogP contribution in [0.1, 0.15) is 31.2 Å². The zero-order valence-corrected chi connectivity index (χ0v) is 14.0. The molecule has 1 aliphatic rings. The fourth-order valence-corrected chi connectivity index (χ4v) is 3.40. The molecule has 0 bridgehead atoms. The van der Waals surface area contributed by atoms with Crippen molar-refractivity contribution in [2.75, 3.05) is 38.8 Å². The number of nitrogens with zero attached hydrogens (tertiary/aromatic N) is 1. The van der Waals surface area contributed by atoms with Crippen molar-refractivity contribution in [2.45, 2.75) is 32.2 Å². The summed E-state index contributed by atoms with van der Waals surface area (Å²) in [4.78, 5) is 2.31. The lowest BCUT2D eigenvalue weighted by Gasteiger charge is -2.24. The summed E-state index contributed by atoms with van der Waals surface area (Å²) in [6.45, 7) is 3.54. The summed E-state index contributed by atoms with van der Waals surface area (Å²) in [5.74, 6) is 0.835. The Morgan fingerprint density at radius 2 is 2.10 bits per heavy atom. The molecule has 21 heavy (non-hydrogen) atoms. The summed E-state index contributed by atoms with van der Waals surface area (Å²) in [5, 5.41) is 4.19. The molecule has 1 aromatic carbocycles. The summed E-state index contributed by atoms with van der Waals surface area (Å²) in [5.41, 5.74) is 2.36. The first-order valence-corrected chi connectivity index (χ1v) is 8.27. The maximum absolute atomic E-state index is 6.46. The van der Waals surface area contributed by atoms with Gasteiger partial charge in [-0.25, -0.2) is 0 Å². The van der Waals surface area contributed by atoms with Gasteiger partial charge in [0.1, 0.15) is 0 Å². The van der Waals surface area contributed by atoms with Crippen molar-refractivity contribution < 1.29 is 4.74 Å². The topological polar surface area (TPSA) is 24.5 Å². The van der Waals surface area contributed by atoms with Crippen LogP contribution in [0.4, 0.5) is 5.69 Å². The van der Waals surface area contributed by atoms with E-state index < -0.39 is 0 Å². The molecule has 118 valence electrons. The molecule has 1 aromatic rings. The van der Waals surface area contributed by atoms with Crippen LogP contribution in [0.5, 0.6) is 0 Å². The highest BCUT2D eigenvalue weighted by Gasteiger charge is 2.18. The summed E-state index contributed by atoms with van der Waals surface area (Å²) in [6.07, 6.45) is 5.50. The Morgan fingerprint density at radius 3 is 2.76 bits per heavy atom. The maximum Gasteiger partial charge on any atom is 0.0642 e. The number of hydrogen-bond donors (Lipinski definition) is 1. The first kappa shape index (κ1) is 16.6. The minimum Gasteiger partial charge on any atom is -0.383 e. The predicted molar refractivity (Wildman–Crippen MR) is 90.3 cm³/mol. The van der Waals surface area contributed by atoms with Crippen LogP contribution in [0.3, 0.4) is 0 Å². The van der Waals surface area contributed by atoms with Crippen LogP contribution in [0, 0.1) is 5.92 Å². The van der Waals surface area contributed by atoms with E-state index in [1.165, 1.54) is 31.2 Å². The van der Waals surface area contributed by atoms with Crippen LogP contribution in [-0.2, 0) is 11.3 Å². The average Bonchev–Trinajstić information content (AvgIpc) is 2.96. The molecule has 1 aliphatic carbocycles. The maximum atomic E-state index is 6.46. The lowest BCUT2D eigenvalue weighted by Crippen LogP contribution is -2.24. The van der Waals surface area contributed by atoms with Gasteiger partial charge in [-0.15, -0.1) is 0 Å². The van der Waals surface area contributed by atoms with Crippen LogP contribution in [0.25, 0.3) is 0 Å². The first-order valence-electron chi connectivity index (χ1n) is 7.90. The standard InChI is InChI=1S/C17H27ClN2O/c1-20(13-14-5-3-4-6-14)17-8-7-15(11-16(17)18)12-19-9-10-21-2/h7-8,11,14,19H,3-6,9-10,12-13H2,1-2H3. The van der Waals surface area contributed by atoms with E-state index in [1.54, 1.807) is 7.11 Å². The summed E-state index contributed by atoms with van der Waals surface area (Å²) in [7, 11) is 3.86. The molecule has 0 aliphatic heterocycles. The van der Waals surface area contributed by atoms with Gasteiger partial charge in [0.05, 0.1) is 17.3 Å². The number of anilines is 1. The van der Waals surface area contributed by atoms with E-state index in [-0.39, 0.29) is 0 Å². The third kappa shape index (κ3) is 5.17. The third-order valence-corrected chi connectivity index (χ3v) is 4.54. The molecule has 4 heteroatoms. The minimum absolute atomic E-state index is 0.732. The second-order valence-electron chi connectivity index (χ2n) is 5.99. The average molecular weight is 311 g/mol. The first-order chi connectivity index (χ1) is 10.2. The highest BCUT2D eigenvalue weighted by molar-refractivity contribution is 6.33. The van der Waals surface area contributed by atoms with Crippen molar-refractivity contribution in [3.05, 3.63) is 28.8 Å². The lowest BCUT2D eigenvalue weighted by atomic mass is 10.1. The Labute approximate surface area is 133 Å². The van der Waals surface area contributed by atoms with Crippen molar-refractivity contribution in [3.63, 3.8) is 0 Å². The molecule has 0 radical (unpaired) electrons. The molecular formula is C17H27ClN2O. The van der Waals surface area contributed by atoms with Gasteiger partial charge in [-0.1, -0.05) is 30.5 Å². The van der Waals surface area contributed by atoms with Crippen LogP contribution < -0.4 is 10.2 Å². The number of nitrogens with one attached hydrogen (secondary N) is 1. The normalized spacial score (nSPS) is 15.6. The molecule has 0 amide bonds. The third-order valence-electron chi connectivity index (χ3n) is 4.24. The Balaban J connectivity index is 1.88. The predicted octanol–water partition coefficient (Wildman–Crippen LogP) is 3.70. The van der Waals surface area contributed by atoms with E-state index in [2.05, 4.69) is 35.5 Å². The van der Waals surface area contributed by atoms with Crippen LogP contribution in [0.2, 0.25) is 5.02 Å². The zero-order valence-electron chi connectivity index (χ0n) is 13.2. The minimum atomic E-state index is 0.732. The van der Waals surface area contributed by atoms with Crippen molar-refractivity contribution in [1.82, 2.24) is 5.32 Å². The highest BCUT2D eigenvalue weighted by Crippen LogP contribution is 2.30. The zero-order chi connectivity index (χ0) is 15.1. The number of benzene rings is 1. The largest absolute Gasteiger partial charge is 0.383 e. The fraction of sp³-hybridized carbons (Fsp3) is 0.647. The molecule has 1 saturated carbocycles. The molecule has 1 N–H and O–H groups in total. The number of halogens is 1. The Hall–Kier alpha value is -0.770. The molecule has 3 nitrogen and oxygen atoms in total. The Morgan fingerprint density at radius 1 is 1.33 bits per heavy atom. The number of rotatable bonds is 8. The van der Waals surface area contributed by atoms with Gasteiger partial charge in [0, 0.05) is 33.8 Å². The van der Waals surface area contributed by atoms with Crippen molar-refractivity contribution in [1.29, 1.82) is 0 Å². The number of ether oxygens (including phenoxy) is 1. The molecule has 0 heterocycles. The lowest BCUT2D eigenvalue weighted by molar-refractivity contribution is 0.199. The summed E-state index contributed by atoms with van der Waals surface area (Å²) < 4.78 is 5.02. The van der Waals surface area contributed by atoms with Gasteiger partial charge >= 0.3 is 0 Å². The highest BCUT2D eigenvalue weighted by atomic mass is 35.5. The summed E-state index contributed by atoms with van der Waals surface area (Å²) >= 11 is 6.46. The fourth-order valence-electron chi connectivity index (χ4n) is 3.06. The van der Waals surface area contributed by atoms with E-state index >= 15 is 0 Å². The van der Waals surface area contributed by atoms with E-state index in [4.69, 9.17) is 16.3 Å². The molecular weight excluding hydrogens is 284 g/mol. The summed E-state index contributed by atoms with van der Waals surface area (Å²) in [6, 6.07) is 6.37. The van der Waals surface area contributed by atoms with Gasteiger partial charge < -0.3 is 15.0 Å². The Bertz CT molecular complexity index is 433. The van der Waals surface area contributed by atoms with Crippen molar-refractivity contribution in [2.24, 2.45) is 5.92 Å². The monoisotopic (exact) mass is 310 g/mol. The van der Waals surface area contributed by atoms with Gasteiger partial charge in [0.2, 0.25) is 0 Å². The van der Waals surface area contributed by atoms with Crippen molar-refractivity contribution in [3.8, 4) is 0 Å². The molecule has 0 saturated heterocycles. The van der Waals surface area contributed by atoms with Gasteiger partial charge in [0.15, 0.2) is 0 Å². The van der Waals surface area contributed by atoms with Crippen LogP contribution >= 0.6 is 11.6 Å². The Kier molecular flexibility index (Phi) is 6.81. The van der Waals surface area contributed by atoms with E-state index in [9.17, 15) is 0 Å². The molecule has 2 rings (SSSR count). The molecule has 0 aromatic heterocycles. The van der Waals surface area contributed by atoms with Gasteiger partial charge in [-0.2, -0.15) is 0 Å². The van der Waals surface area contributed by atoms with Crippen molar-refractivity contribution >= 4 is 17.3 Å². The van der Waals surface area contributed by atoms with E-state index in [0.29, 0.717) is 0 Å². The second kappa shape index (κ2) is 8.62. The van der Waals surface area contributed by atoms with Gasteiger partial charge in [-0.3, -0.25) is 0 Å². The quantitative estimate of drug-likeness (QED) is 0.741.